The molecule has 0 amide bonds. The summed E-state index contributed by atoms with van der Waals surface area (Å²) in [6, 6.07) is 3.78. The summed E-state index contributed by atoms with van der Waals surface area (Å²) in [6.45, 7) is 3.26. The highest BCUT2D eigenvalue weighted by molar-refractivity contribution is 7.99. The van der Waals surface area contributed by atoms with Gasteiger partial charge in [-0.05, 0) is 24.3 Å². The van der Waals surface area contributed by atoms with Crippen molar-refractivity contribution in [3.8, 4) is 11.3 Å². The first-order valence-corrected chi connectivity index (χ1v) is 13.1. The minimum absolute atomic E-state index is 0.160. The van der Waals surface area contributed by atoms with Gasteiger partial charge in [-0.2, -0.15) is 0 Å². The Balaban J connectivity index is 1.80. The smallest absolute Gasteiger partial charge is 0.303 e. The Kier molecular flexibility index (Phi) is 9.32. The van der Waals surface area contributed by atoms with Crippen LogP contribution in [0.4, 0.5) is 8.78 Å². The lowest BCUT2D eigenvalue weighted by molar-refractivity contribution is -0.212. The zero-order chi connectivity index (χ0) is 29.0. The quantitative estimate of drug-likeness (QED) is 0.278. The van der Waals surface area contributed by atoms with Crippen molar-refractivity contribution in [3.05, 3.63) is 59.5 Å². The summed E-state index contributed by atoms with van der Waals surface area (Å²) in [7, 11) is 0. The van der Waals surface area contributed by atoms with Crippen LogP contribution in [0, 0.1) is 11.6 Å². The van der Waals surface area contributed by atoms with Gasteiger partial charge in [-0.15, -0.1) is 5.10 Å². The molecule has 0 spiro atoms. The Bertz CT molecular complexity index is 1410. The first-order chi connectivity index (χ1) is 19.0. The second-order valence-corrected chi connectivity index (χ2v) is 10.3. The molecule has 0 saturated carbocycles. The molecular weight excluding hydrogens is 574 g/mol. The zero-order valence-corrected chi connectivity index (χ0v) is 22.9. The lowest BCUT2D eigenvalue weighted by Crippen LogP contribution is -2.57. The molecule has 1 saturated heterocycles. The highest BCUT2D eigenvalue weighted by atomic mass is 35.5. The van der Waals surface area contributed by atoms with Gasteiger partial charge in [0.1, 0.15) is 29.9 Å². The van der Waals surface area contributed by atoms with Crippen molar-refractivity contribution in [2.45, 2.75) is 55.5 Å². The largest absolute Gasteiger partial charge is 0.463 e. The van der Waals surface area contributed by atoms with Crippen molar-refractivity contribution >= 4 is 41.3 Å². The summed E-state index contributed by atoms with van der Waals surface area (Å²) < 4.78 is 51.3. The topological polar surface area (TPSA) is 132 Å². The Morgan fingerprint density at radius 1 is 1.02 bits per heavy atom. The molecule has 0 bridgehead atoms. The molecule has 0 aliphatic carbocycles. The summed E-state index contributed by atoms with van der Waals surface area (Å²) in [5.74, 6) is -4.09. The number of carbonyl (C=O) groups excluding carboxylic acids is 3. The third-order valence-corrected chi connectivity index (χ3v) is 6.95. The van der Waals surface area contributed by atoms with E-state index in [1.807, 2.05) is 0 Å². The van der Waals surface area contributed by atoms with Crippen LogP contribution in [0.3, 0.4) is 0 Å². The molecule has 2 aromatic heterocycles. The monoisotopic (exact) mass is 596 g/mol. The molecule has 0 radical (unpaired) electrons. The lowest BCUT2D eigenvalue weighted by Gasteiger charge is -2.44. The molecule has 1 aliphatic rings. The molecule has 2 unspecified atom stereocenters. The van der Waals surface area contributed by atoms with Gasteiger partial charge >= 0.3 is 17.9 Å². The first-order valence-electron chi connectivity index (χ1n) is 11.8. The normalized spacial score (nSPS) is 22.4. The SMILES string of the molecule is CC(=O)OCC1O[C@H](Sc2cncc(Cl)c2)C(OC(C)=O)[C@@H](n2cc(-c3ccc(F)c(F)c3)nn2)[C@H]1OC(C)=O. The van der Waals surface area contributed by atoms with Crippen LogP contribution in [0.2, 0.25) is 5.02 Å². The van der Waals surface area contributed by atoms with E-state index in [2.05, 4.69) is 15.3 Å². The van der Waals surface area contributed by atoms with E-state index in [1.54, 1.807) is 6.07 Å². The molecule has 3 aromatic rings. The van der Waals surface area contributed by atoms with Crippen molar-refractivity contribution in [2.24, 2.45) is 0 Å². The van der Waals surface area contributed by atoms with Crippen LogP contribution in [0.25, 0.3) is 11.3 Å². The van der Waals surface area contributed by atoms with Gasteiger partial charge in [0.05, 0.1) is 11.2 Å². The van der Waals surface area contributed by atoms with Crippen molar-refractivity contribution in [3.63, 3.8) is 0 Å². The number of aromatic nitrogens is 4. The maximum Gasteiger partial charge on any atom is 0.303 e. The highest BCUT2D eigenvalue weighted by Crippen LogP contribution is 2.41. The molecule has 0 N–H and O–H groups in total. The number of halogens is 3. The van der Waals surface area contributed by atoms with Crippen LogP contribution < -0.4 is 0 Å². The summed E-state index contributed by atoms with van der Waals surface area (Å²) in [5, 5.41) is 8.54. The van der Waals surface area contributed by atoms with Gasteiger partial charge in [0, 0.05) is 43.6 Å². The Labute approximate surface area is 236 Å². The van der Waals surface area contributed by atoms with Crippen molar-refractivity contribution in [2.75, 3.05) is 6.61 Å². The third kappa shape index (κ3) is 7.11. The Morgan fingerprint density at radius 2 is 1.75 bits per heavy atom. The van der Waals surface area contributed by atoms with Crippen molar-refractivity contribution < 1.29 is 42.1 Å². The summed E-state index contributed by atoms with van der Waals surface area (Å²) >= 11 is 7.21. The molecule has 15 heteroatoms. The van der Waals surface area contributed by atoms with Crippen molar-refractivity contribution in [1.29, 1.82) is 0 Å². The number of benzene rings is 1. The summed E-state index contributed by atoms with van der Waals surface area (Å²) in [5.41, 5.74) is -0.580. The number of carbonyl (C=O) groups is 3. The predicted molar refractivity (Wildman–Crippen MR) is 136 cm³/mol. The van der Waals surface area contributed by atoms with Crippen LogP contribution in [-0.2, 0) is 33.3 Å². The molecule has 1 aliphatic heterocycles. The fraction of sp³-hybridized carbons (Fsp3) is 0.360. The number of hydrogen-bond donors (Lipinski definition) is 0. The maximum absolute atomic E-state index is 13.9. The van der Waals surface area contributed by atoms with E-state index < -0.39 is 59.3 Å². The van der Waals surface area contributed by atoms with Crippen LogP contribution in [0.1, 0.15) is 26.8 Å². The summed E-state index contributed by atoms with van der Waals surface area (Å²) in [4.78, 5) is 40.7. The molecule has 40 heavy (non-hydrogen) atoms. The Hall–Kier alpha value is -3.62. The second kappa shape index (κ2) is 12.7. The number of ether oxygens (including phenoxy) is 4. The highest BCUT2D eigenvalue weighted by Gasteiger charge is 2.52. The first kappa shape index (κ1) is 29.4. The molecule has 3 heterocycles. The second-order valence-electron chi connectivity index (χ2n) is 8.65. The Morgan fingerprint density at radius 3 is 2.40 bits per heavy atom. The molecule has 11 nitrogen and oxygen atoms in total. The fourth-order valence-electron chi connectivity index (χ4n) is 4.08. The average molecular weight is 597 g/mol. The number of hydrogen-bond acceptors (Lipinski definition) is 11. The third-order valence-electron chi connectivity index (χ3n) is 5.63. The van der Waals surface area contributed by atoms with Gasteiger partial charge in [0.25, 0.3) is 0 Å². The van der Waals surface area contributed by atoms with E-state index in [4.69, 9.17) is 30.5 Å². The van der Waals surface area contributed by atoms with E-state index in [0.29, 0.717) is 9.92 Å². The van der Waals surface area contributed by atoms with E-state index in [0.717, 1.165) is 23.9 Å². The van der Waals surface area contributed by atoms with Gasteiger partial charge in [-0.25, -0.2) is 13.5 Å². The van der Waals surface area contributed by atoms with Gasteiger partial charge in [-0.3, -0.25) is 19.4 Å². The van der Waals surface area contributed by atoms with Gasteiger partial charge in [-0.1, -0.05) is 28.6 Å². The number of esters is 3. The van der Waals surface area contributed by atoms with E-state index in [1.165, 1.54) is 50.1 Å². The summed E-state index contributed by atoms with van der Waals surface area (Å²) in [6.07, 6.45) is 1.01. The molecule has 5 atom stereocenters. The van der Waals surface area contributed by atoms with E-state index in [-0.39, 0.29) is 17.9 Å². The average Bonchev–Trinajstić information content (AvgIpc) is 3.35. The van der Waals surface area contributed by atoms with E-state index in [9.17, 15) is 23.2 Å². The minimum atomic E-state index is -1.19. The van der Waals surface area contributed by atoms with Crippen LogP contribution in [0.15, 0.2) is 47.8 Å². The van der Waals surface area contributed by atoms with Crippen LogP contribution >= 0.6 is 23.4 Å². The number of pyridine rings is 1. The number of nitrogens with zero attached hydrogens (tertiary/aromatic N) is 4. The van der Waals surface area contributed by atoms with Crippen molar-refractivity contribution in [1.82, 2.24) is 20.0 Å². The van der Waals surface area contributed by atoms with Crippen LogP contribution in [0.5, 0.6) is 0 Å². The van der Waals surface area contributed by atoms with Gasteiger partial charge < -0.3 is 18.9 Å². The zero-order valence-electron chi connectivity index (χ0n) is 21.3. The van der Waals surface area contributed by atoms with Gasteiger partial charge in [0.15, 0.2) is 23.8 Å². The number of thioether (sulfide) groups is 1. The van der Waals surface area contributed by atoms with E-state index >= 15 is 0 Å². The molecular formula is C25H23ClF2N4O7S. The standard InChI is InChI=1S/C25H23ClF2N4O7S/c1-12(33)36-11-21-23(37-13(2)34)22(32-10-20(30-31-32)15-4-5-18(27)19(28)6-15)24(38-14(3)35)25(39-21)40-17-7-16(26)8-29-9-17/h4-10,21-25H,11H2,1-3H3/t21?,22-,23-,24?,25+/m0/s1. The van der Waals surface area contributed by atoms with Gasteiger partial charge in [0.2, 0.25) is 0 Å². The van der Waals surface area contributed by atoms with Crippen LogP contribution in [-0.4, -0.2) is 68.2 Å². The fourth-order valence-corrected chi connectivity index (χ4v) is 5.45. The lowest BCUT2D eigenvalue weighted by atomic mass is 9.96. The number of rotatable bonds is 8. The minimum Gasteiger partial charge on any atom is -0.463 e. The molecule has 1 fully saturated rings. The molecule has 4 rings (SSSR count). The predicted octanol–water partition coefficient (Wildman–Crippen LogP) is 3.76. The molecule has 212 valence electrons. The molecule has 1 aromatic carbocycles. The maximum atomic E-state index is 13.9.